The zero-order valence-corrected chi connectivity index (χ0v) is 10.3. The maximum Gasteiger partial charge on any atom is 0.126 e. The molecule has 5 heteroatoms. The number of aromatic nitrogens is 2. The molecule has 0 aliphatic rings. The smallest absolute Gasteiger partial charge is 0.126 e. The maximum absolute atomic E-state index is 13.1. The fourth-order valence-electron chi connectivity index (χ4n) is 1.48. The predicted molar refractivity (Wildman–Crippen MR) is 64.3 cm³/mol. The first-order chi connectivity index (χ1) is 7.63. The molecule has 0 fully saturated rings. The summed E-state index contributed by atoms with van der Waals surface area (Å²) >= 11 is 3.42. The van der Waals surface area contributed by atoms with Crippen molar-refractivity contribution >= 4 is 15.9 Å². The van der Waals surface area contributed by atoms with E-state index in [1.165, 1.54) is 6.07 Å². The first kappa shape index (κ1) is 11.3. The van der Waals surface area contributed by atoms with Crippen molar-refractivity contribution in [1.29, 1.82) is 0 Å². The third-order valence-electron chi connectivity index (χ3n) is 2.41. The van der Waals surface area contributed by atoms with Gasteiger partial charge in [-0.25, -0.2) is 4.39 Å². The van der Waals surface area contributed by atoms with Gasteiger partial charge in [0, 0.05) is 12.1 Å². The Kier molecular flexibility index (Phi) is 3.07. The van der Waals surface area contributed by atoms with E-state index in [2.05, 4.69) is 26.1 Å². The van der Waals surface area contributed by atoms with Gasteiger partial charge in [0.2, 0.25) is 0 Å². The fraction of sp³-hybridized carbons (Fsp3) is 0.182. The third kappa shape index (κ3) is 1.88. The largest absolute Gasteiger partial charge is 0.325 e. The normalized spacial score (nSPS) is 10.8. The quantitative estimate of drug-likeness (QED) is 0.891. The van der Waals surface area contributed by atoms with E-state index in [1.54, 1.807) is 19.1 Å². The number of benzene rings is 1. The van der Waals surface area contributed by atoms with Crippen molar-refractivity contribution in [2.75, 3.05) is 0 Å². The fourth-order valence-corrected chi connectivity index (χ4v) is 2.05. The summed E-state index contributed by atoms with van der Waals surface area (Å²) in [4.78, 5) is 0. The summed E-state index contributed by atoms with van der Waals surface area (Å²) in [5.41, 5.74) is 8.58. The maximum atomic E-state index is 13.1. The second-order valence-electron chi connectivity index (χ2n) is 3.53. The van der Waals surface area contributed by atoms with Crippen LogP contribution in [0.3, 0.4) is 0 Å². The van der Waals surface area contributed by atoms with Crippen LogP contribution in [0.4, 0.5) is 4.39 Å². The van der Waals surface area contributed by atoms with E-state index >= 15 is 0 Å². The first-order valence-corrected chi connectivity index (χ1v) is 5.62. The predicted octanol–water partition coefficient (Wildman–Crippen LogP) is 2.75. The van der Waals surface area contributed by atoms with Crippen molar-refractivity contribution in [2.24, 2.45) is 5.73 Å². The molecule has 0 aliphatic heterocycles. The van der Waals surface area contributed by atoms with Gasteiger partial charge in [0.05, 0.1) is 10.2 Å². The van der Waals surface area contributed by atoms with Crippen LogP contribution >= 0.6 is 15.9 Å². The van der Waals surface area contributed by atoms with Gasteiger partial charge in [-0.2, -0.15) is 5.10 Å². The molecule has 0 radical (unpaired) electrons. The summed E-state index contributed by atoms with van der Waals surface area (Å²) in [6.07, 6.45) is 0. The monoisotopic (exact) mass is 283 g/mol. The summed E-state index contributed by atoms with van der Waals surface area (Å²) in [5, 5.41) is 6.99. The Balaban J connectivity index is 2.50. The van der Waals surface area contributed by atoms with Crippen LogP contribution in [0.5, 0.6) is 0 Å². The number of halogens is 2. The number of nitrogens with one attached hydrogen (secondary N) is 1. The highest BCUT2D eigenvalue weighted by Gasteiger charge is 2.12. The molecule has 1 aromatic carbocycles. The van der Waals surface area contributed by atoms with Crippen molar-refractivity contribution in [3.05, 3.63) is 39.7 Å². The lowest BCUT2D eigenvalue weighted by Crippen LogP contribution is -1.96. The molecule has 2 rings (SSSR count). The highest BCUT2D eigenvalue weighted by molar-refractivity contribution is 9.10. The van der Waals surface area contributed by atoms with Crippen LogP contribution in [0.2, 0.25) is 0 Å². The van der Waals surface area contributed by atoms with E-state index in [0.717, 1.165) is 21.4 Å². The minimum Gasteiger partial charge on any atom is -0.325 e. The molecular formula is C11H11BrFN3. The molecular weight excluding hydrogens is 273 g/mol. The van der Waals surface area contributed by atoms with Gasteiger partial charge in [0.25, 0.3) is 0 Å². The van der Waals surface area contributed by atoms with Gasteiger partial charge in [-0.15, -0.1) is 0 Å². The minimum absolute atomic E-state index is 0.213. The lowest BCUT2D eigenvalue weighted by Gasteiger charge is -2.01. The first-order valence-electron chi connectivity index (χ1n) is 4.83. The number of rotatable bonds is 2. The van der Waals surface area contributed by atoms with Crippen molar-refractivity contribution in [2.45, 2.75) is 13.5 Å². The lowest BCUT2D eigenvalue weighted by atomic mass is 10.1. The number of aromatic amines is 1. The third-order valence-corrected chi connectivity index (χ3v) is 3.27. The zero-order chi connectivity index (χ0) is 11.7. The van der Waals surface area contributed by atoms with Crippen molar-refractivity contribution < 1.29 is 4.39 Å². The molecule has 16 heavy (non-hydrogen) atoms. The van der Waals surface area contributed by atoms with Gasteiger partial charge in [-0.05, 0) is 46.6 Å². The van der Waals surface area contributed by atoms with E-state index in [9.17, 15) is 4.39 Å². The SMILES string of the molecule is Cc1cc(-c2n[nH]c(CN)c2Br)ccc1F. The summed E-state index contributed by atoms with van der Waals surface area (Å²) in [5.74, 6) is -0.213. The molecule has 0 amide bonds. The van der Waals surface area contributed by atoms with E-state index in [4.69, 9.17) is 5.73 Å². The highest BCUT2D eigenvalue weighted by Crippen LogP contribution is 2.29. The van der Waals surface area contributed by atoms with Crippen molar-refractivity contribution in [1.82, 2.24) is 10.2 Å². The molecule has 3 nitrogen and oxygen atoms in total. The molecule has 0 unspecified atom stereocenters. The summed E-state index contributed by atoms with van der Waals surface area (Å²) in [6.45, 7) is 2.11. The van der Waals surface area contributed by atoms with Gasteiger partial charge < -0.3 is 5.73 Å². The summed E-state index contributed by atoms with van der Waals surface area (Å²) < 4.78 is 14.0. The molecule has 1 aromatic heterocycles. The Hall–Kier alpha value is -1.20. The number of hydrogen-bond donors (Lipinski definition) is 2. The number of H-pyrrole nitrogens is 1. The Morgan fingerprint density at radius 2 is 2.25 bits per heavy atom. The van der Waals surface area contributed by atoms with Crippen LogP contribution in [0.1, 0.15) is 11.3 Å². The van der Waals surface area contributed by atoms with E-state index in [0.29, 0.717) is 12.1 Å². The minimum atomic E-state index is -0.213. The van der Waals surface area contributed by atoms with Crippen LogP contribution in [0.15, 0.2) is 22.7 Å². The zero-order valence-electron chi connectivity index (χ0n) is 8.72. The Labute approximate surface area is 101 Å². The molecule has 84 valence electrons. The highest BCUT2D eigenvalue weighted by atomic mass is 79.9. The van der Waals surface area contributed by atoms with Crippen LogP contribution in [-0.4, -0.2) is 10.2 Å². The van der Waals surface area contributed by atoms with Crippen LogP contribution in [0, 0.1) is 12.7 Å². The second-order valence-corrected chi connectivity index (χ2v) is 4.33. The Bertz CT molecular complexity index is 522. The van der Waals surface area contributed by atoms with E-state index in [-0.39, 0.29) is 5.82 Å². The molecule has 0 saturated heterocycles. The molecule has 0 bridgehead atoms. The van der Waals surface area contributed by atoms with Gasteiger partial charge in [-0.3, -0.25) is 5.10 Å². The average Bonchev–Trinajstić information content (AvgIpc) is 2.64. The van der Waals surface area contributed by atoms with Gasteiger partial charge in [-0.1, -0.05) is 0 Å². The molecule has 0 saturated carbocycles. The molecule has 0 aliphatic carbocycles. The van der Waals surface area contributed by atoms with E-state index < -0.39 is 0 Å². The molecule has 0 atom stereocenters. The number of aryl methyl sites for hydroxylation is 1. The van der Waals surface area contributed by atoms with Crippen molar-refractivity contribution in [3.63, 3.8) is 0 Å². The van der Waals surface area contributed by atoms with Crippen LogP contribution in [-0.2, 0) is 6.54 Å². The Morgan fingerprint density at radius 1 is 1.50 bits per heavy atom. The molecule has 3 N–H and O–H groups in total. The number of nitrogens with zero attached hydrogens (tertiary/aromatic N) is 1. The number of nitrogens with two attached hydrogens (primary N) is 1. The topological polar surface area (TPSA) is 54.7 Å². The van der Waals surface area contributed by atoms with Crippen LogP contribution in [0.25, 0.3) is 11.3 Å². The Morgan fingerprint density at radius 3 is 2.81 bits per heavy atom. The lowest BCUT2D eigenvalue weighted by molar-refractivity contribution is 0.619. The molecule has 2 aromatic rings. The average molecular weight is 284 g/mol. The molecule has 0 spiro atoms. The summed E-state index contributed by atoms with van der Waals surface area (Å²) in [6, 6.07) is 4.90. The van der Waals surface area contributed by atoms with Gasteiger partial charge in [0.1, 0.15) is 11.5 Å². The van der Waals surface area contributed by atoms with Crippen LogP contribution < -0.4 is 5.73 Å². The van der Waals surface area contributed by atoms with E-state index in [1.807, 2.05) is 0 Å². The standard InChI is InChI=1S/C11H11BrFN3/c1-6-4-7(2-3-8(6)13)11-10(12)9(5-14)15-16-11/h2-4H,5,14H2,1H3,(H,15,16). The molecule has 1 heterocycles. The summed E-state index contributed by atoms with van der Waals surface area (Å²) in [7, 11) is 0. The van der Waals surface area contributed by atoms with Gasteiger partial charge in [0.15, 0.2) is 0 Å². The van der Waals surface area contributed by atoms with Crippen molar-refractivity contribution in [3.8, 4) is 11.3 Å². The number of hydrogen-bond acceptors (Lipinski definition) is 2. The second kappa shape index (κ2) is 4.35. The van der Waals surface area contributed by atoms with Gasteiger partial charge >= 0.3 is 0 Å².